The van der Waals surface area contributed by atoms with E-state index in [1.807, 2.05) is 68.4 Å². The molecule has 1 aliphatic heterocycles. The van der Waals surface area contributed by atoms with E-state index in [0.29, 0.717) is 17.1 Å². The lowest BCUT2D eigenvalue weighted by molar-refractivity contribution is -0.151. The molecule has 39 heavy (non-hydrogen) atoms. The van der Waals surface area contributed by atoms with Crippen molar-refractivity contribution in [3.05, 3.63) is 94.5 Å². The van der Waals surface area contributed by atoms with E-state index >= 15 is 0 Å². The van der Waals surface area contributed by atoms with E-state index in [-0.39, 0.29) is 18.9 Å². The van der Waals surface area contributed by atoms with Gasteiger partial charge in [-0.05, 0) is 72.8 Å². The number of rotatable bonds is 7. The van der Waals surface area contributed by atoms with Gasteiger partial charge in [0.05, 0.1) is 5.92 Å². The minimum absolute atomic E-state index is 0.0276. The Morgan fingerprint density at radius 3 is 2.41 bits per heavy atom. The van der Waals surface area contributed by atoms with Crippen molar-refractivity contribution in [3.63, 3.8) is 0 Å². The summed E-state index contributed by atoms with van der Waals surface area (Å²) in [6, 6.07) is 24.7. The quantitative estimate of drug-likeness (QED) is 0.248. The number of fused-ring (bicyclic) bond motifs is 1. The monoisotopic (exact) mass is 586 g/mol. The number of nitrogens with zero attached hydrogens (tertiary/aromatic N) is 1. The molecule has 1 atom stereocenters. The fraction of sp³-hybridized carbons (Fsp3) is 0.194. The van der Waals surface area contributed by atoms with Gasteiger partial charge in [0.2, 0.25) is 5.91 Å². The Bertz CT molecular complexity index is 1540. The molecule has 1 saturated heterocycles. The van der Waals surface area contributed by atoms with Crippen LogP contribution in [0.2, 0.25) is 0 Å². The van der Waals surface area contributed by atoms with Crippen LogP contribution < -0.4 is 15.0 Å². The number of nitrogens with one attached hydrogen (secondary N) is 1. The molecule has 0 aliphatic carbocycles. The highest BCUT2D eigenvalue weighted by atomic mass is 79.9. The van der Waals surface area contributed by atoms with Crippen LogP contribution in [0.3, 0.4) is 0 Å². The van der Waals surface area contributed by atoms with Crippen LogP contribution in [0, 0.1) is 19.8 Å². The van der Waals surface area contributed by atoms with Crippen LogP contribution in [0.25, 0.3) is 10.8 Å². The average molecular weight is 587 g/mol. The van der Waals surface area contributed by atoms with E-state index in [1.165, 1.54) is 0 Å². The lowest BCUT2D eigenvalue weighted by atomic mass is 10.1. The number of aryl methyl sites for hydroxylation is 2. The minimum atomic E-state index is -0.644. The number of halogens is 1. The number of hydrogen-bond acceptors (Lipinski definition) is 5. The van der Waals surface area contributed by atoms with Crippen LogP contribution in [0.5, 0.6) is 11.5 Å². The Kier molecular flexibility index (Phi) is 7.65. The molecule has 2 amide bonds. The van der Waals surface area contributed by atoms with Gasteiger partial charge in [-0.3, -0.25) is 14.4 Å². The molecule has 1 N–H and O–H groups in total. The predicted octanol–water partition coefficient (Wildman–Crippen LogP) is 6.55. The Labute approximate surface area is 234 Å². The first-order valence-corrected chi connectivity index (χ1v) is 13.4. The second-order valence-corrected chi connectivity index (χ2v) is 10.4. The molecule has 4 aromatic carbocycles. The van der Waals surface area contributed by atoms with Gasteiger partial charge in [0.1, 0.15) is 11.5 Å². The zero-order valence-corrected chi connectivity index (χ0v) is 23.2. The van der Waals surface area contributed by atoms with Gasteiger partial charge in [-0.25, -0.2) is 0 Å². The highest BCUT2D eigenvalue weighted by molar-refractivity contribution is 9.10. The number of amides is 2. The van der Waals surface area contributed by atoms with Crippen molar-refractivity contribution in [1.82, 2.24) is 0 Å². The molecule has 5 rings (SSSR count). The molecule has 1 fully saturated rings. The third-order valence-corrected chi connectivity index (χ3v) is 7.90. The second-order valence-electron chi connectivity index (χ2n) is 9.56. The SMILES string of the molecule is Cc1cc(NC(=O)COC(=O)[C@@H]2CC(=O)N(c3ccc(Oc4cccc5ccccc45)cc3)C2)cc(C)c1Br. The molecule has 0 saturated carbocycles. The van der Waals surface area contributed by atoms with E-state index < -0.39 is 24.4 Å². The van der Waals surface area contributed by atoms with Crippen molar-refractivity contribution < 1.29 is 23.9 Å². The number of hydrogen-bond donors (Lipinski definition) is 1. The Morgan fingerprint density at radius 1 is 0.974 bits per heavy atom. The Morgan fingerprint density at radius 2 is 1.67 bits per heavy atom. The summed E-state index contributed by atoms with van der Waals surface area (Å²) >= 11 is 3.50. The van der Waals surface area contributed by atoms with E-state index in [4.69, 9.17) is 9.47 Å². The lowest BCUT2D eigenvalue weighted by Gasteiger charge is -2.17. The van der Waals surface area contributed by atoms with Crippen LogP contribution >= 0.6 is 15.9 Å². The molecule has 0 radical (unpaired) electrons. The largest absolute Gasteiger partial charge is 0.457 e. The Balaban J connectivity index is 1.16. The summed E-state index contributed by atoms with van der Waals surface area (Å²) in [5, 5.41) is 4.84. The fourth-order valence-corrected chi connectivity index (χ4v) is 4.92. The molecule has 7 nitrogen and oxygen atoms in total. The molecule has 0 unspecified atom stereocenters. The number of anilines is 2. The van der Waals surface area contributed by atoms with Gasteiger partial charge >= 0.3 is 5.97 Å². The standard InChI is InChI=1S/C31H27BrN2O5/c1-19-14-23(15-20(2)30(19)32)33-28(35)18-38-31(37)22-16-29(36)34(17-22)24-10-12-25(13-11-24)39-27-9-5-7-21-6-3-4-8-26(21)27/h3-15,22H,16-18H2,1-2H3,(H,33,35)/t22-/m1/s1. The number of carbonyl (C=O) groups excluding carboxylic acids is 3. The molecule has 4 aromatic rings. The molecule has 1 heterocycles. The summed E-state index contributed by atoms with van der Waals surface area (Å²) in [6.45, 7) is 3.63. The summed E-state index contributed by atoms with van der Waals surface area (Å²) in [6.07, 6.45) is 0.0276. The first-order chi connectivity index (χ1) is 18.8. The van der Waals surface area contributed by atoms with Crippen molar-refractivity contribution in [1.29, 1.82) is 0 Å². The zero-order chi connectivity index (χ0) is 27.5. The third kappa shape index (κ3) is 5.96. The summed E-state index contributed by atoms with van der Waals surface area (Å²) in [5.41, 5.74) is 3.27. The zero-order valence-electron chi connectivity index (χ0n) is 21.6. The maximum Gasteiger partial charge on any atom is 0.311 e. The summed E-state index contributed by atoms with van der Waals surface area (Å²) in [4.78, 5) is 39.2. The van der Waals surface area contributed by atoms with Gasteiger partial charge in [-0.2, -0.15) is 0 Å². The number of benzene rings is 4. The molecular weight excluding hydrogens is 560 g/mol. The van der Waals surface area contributed by atoms with Crippen molar-refractivity contribution in [2.75, 3.05) is 23.4 Å². The number of esters is 1. The van der Waals surface area contributed by atoms with Crippen LogP contribution in [-0.4, -0.2) is 30.9 Å². The fourth-order valence-electron chi connectivity index (χ4n) is 4.69. The van der Waals surface area contributed by atoms with Crippen LogP contribution in [0.1, 0.15) is 17.5 Å². The molecule has 0 aromatic heterocycles. The van der Waals surface area contributed by atoms with E-state index in [1.54, 1.807) is 29.2 Å². The predicted molar refractivity (Wildman–Crippen MR) is 154 cm³/mol. The Hall–Kier alpha value is -4.17. The first kappa shape index (κ1) is 26.4. The van der Waals surface area contributed by atoms with Crippen molar-refractivity contribution in [2.24, 2.45) is 5.92 Å². The van der Waals surface area contributed by atoms with Gasteiger partial charge in [-0.1, -0.05) is 52.3 Å². The van der Waals surface area contributed by atoms with E-state index in [2.05, 4.69) is 21.2 Å². The van der Waals surface area contributed by atoms with Gasteiger partial charge < -0.3 is 19.7 Å². The molecular formula is C31H27BrN2O5. The third-order valence-electron chi connectivity index (χ3n) is 6.65. The van der Waals surface area contributed by atoms with Crippen LogP contribution in [0.15, 0.2) is 83.3 Å². The average Bonchev–Trinajstić information content (AvgIpc) is 3.32. The summed E-state index contributed by atoms with van der Waals surface area (Å²) in [5.74, 6) is -0.443. The molecule has 8 heteroatoms. The summed E-state index contributed by atoms with van der Waals surface area (Å²) in [7, 11) is 0. The normalized spacial score (nSPS) is 14.9. The molecule has 0 spiro atoms. The van der Waals surface area contributed by atoms with Gasteiger partial charge in [0.25, 0.3) is 5.91 Å². The highest BCUT2D eigenvalue weighted by Crippen LogP contribution is 2.32. The smallest absolute Gasteiger partial charge is 0.311 e. The van der Waals surface area contributed by atoms with Gasteiger partial charge in [-0.15, -0.1) is 0 Å². The van der Waals surface area contributed by atoms with Gasteiger partial charge in [0.15, 0.2) is 6.61 Å². The van der Waals surface area contributed by atoms with E-state index in [9.17, 15) is 14.4 Å². The maximum absolute atomic E-state index is 12.7. The highest BCUT2D eigenvalue weighted by Gasteiger charge is 2.36. The molecule has 0 bridgehead atoms. The lowest BCUT2D eigenvalue weighted by Crippen LogP contribution is -2.28. The number of ether oxygens (including phenoxy) is 2. The van der Waals surface area contributed by atoms with Gasteiger partial charge in [0, 0.05) is 34.2 Å². The minimum Gasteiger partial charge on any atom is -0.457 e. The van der Waals surface area contributed by atoms with Crippen molar-refractivity contribution >= 4 is 55.9 Å². The topological polar surface area (TPSA) is 84.9 Å². The first-order valence-electron chi connectivity index (χ1n) is 12.6. The number of carbonyl (C=O) groups is 3. The maximum atomic E-state index is 12.7. The van der Waals surface area contributed by atoms with Crippen LogP contribution in [-0.2, 0) is 19.1 Å². The van der Waals surface area contributed by atoms with Crippen molar-refractivity contribution in [2.45, 2.75) is 20.3 Å². The summed E-state index contributed by atoms with van der Waals surface area (Å²) < 4.78 is 12.3. The molecule has 1 aliphatic rings. The second kappa shape index (κ2) is 11.3. The van der Waals surface area contributed by atoms with Crippen molar-refractivity contribution in [3.8, 4) is 11.5 Å². The molecule has 198 valence electrons. The van der Waals surface area contributed by atoms with E-state index in [0.717, 1.165) is 32.1 Å². The van der Waals surface area contributed by atoms with Crippen LogP contribution in [0.4, 0.5) is 11.4 Å².